The third-order valence-electron chi connectivity index (χ3n) is 2.91. The van der Waals surface area contributed by atoms with Gasteiger partial charge in [-0.15, -0.1) is 0 Å². The van der Waals surface area contributed by atoms with Crippen molar-refractivity contribution in [3.05, 3.63) is 0 Å². The van der Waals surface area contributed by atoms with Gasteiger partial charge in [0.25, 0.3) is 0 Å². The zero-order chi connectivity index (χ0) is 12.7. The van der Waals surface area contributed by atoms with E-state index in [0.29, 0.717) is 26.1 Å². The summed E-state index contributed by atoms with van der Waals surface area (Å²) < 4.78 is 5.22. The standard InChI is InChI=1S/C11H20N2O4/c1-17-9-4-7-13(8-5-9)11(16)12-6-2-3-10(14)15/h9H,2-8H2,1H3,(H,12,16)(H,14,15). The van der Waals surface area contributed by atoms with Crippen LogP contribution in [-0.2, 0) is 9.53 Å². The van der Waals surface area contributed by atoms with Crippen LogP contribution < -0.4 is 5.32 Å². The number of urea groups is 1. The van der Waals surface area contributed by atoms with E-state index in [1.807, 2.05) is 0 Å². The molecule has 0 atom stereocenters. The molecule has 6 nitrogen and oxygen atoms in total. The van der Waals surface area contributed by atoms with E-state index in [4.69, 9.17) is 9.84 Å². The Morgan fingerprint density at radius 2 is 2.06 bits per heavy atom. The lowest BCUT2D eigenvalue weighted by Crippen LogP contribution is -2.46. The number of likely N-dealkylation sites (tertiary alicyclic amines) is 1. The third-order valence-corrected chi connectivity index (χ3v) is 2.91. The minimum absolute atomic E-state index is 0.0893. The number of ether oxygens (including phenoxy) is 1. The zero-order valence-electron chi connectivity index (χ0n) is 10.1. The first-order valence-corrected chi connectivity index (χ1v) is 5.91. The van der Waals surface area contributed by atoms with E-state index in [2.05, 4.69) is 5.32 Å². The summed E-state index contributed by atoms with van der Waals surface area (Å²) in [6.07, 6.45) is 2.53. The second-order valence-corrected chi connectivity index (χ2v) is 4.15. The Morgan fingerprint density at radius 3 is 2.59 bits per heavy atom. The van der Waals surface area contributed by atoms with Gasteiger partial charge in [0, 0.05) is 33.2 Å². The van der Waals surface area contributed by atoms with Gasteiger partial charge in [0.05, 0.1) is 6.10 Å². The molecule has 0 aromatic carbocycles. The molecule has 17 heavy (non-hydrogen) atoms. The highest BCUT2D eigenvalue weighted by Gasteiger charge is 2.21. The maximum atomic E-state index is 11.7. The molecule has 0 aliphatic carbocycles. The molecule has 1 aliphatic rings. The maximum Gasteiger partial charge on any atom is 0.317 e. The van der Waals surface area contributed by atoms with Crippen molar-refractivity contribution in [2.24, 2.45) is 0 Å². The van der Waals surface area contributed by atoms with Crippen LogP contribution in [0.25, 0.3) is 0 Å². The van der Waals surface area contributed by atoms with Crippen LogP contribution in [0.4, 0.5) is 4.79 Å². The van der Waals surface area contributed by atoms with Crippen molar-refractivity contribution in [3.8, 4) is 0 Å². The summed E-state index contributed by atoms with van der Waals surface area (Å²) in [5.74, 6) is -0.833. The van der Waals surface area contributed by atoms with Crippen molar-refractivity contribution in [2.45, 2.75) is 31.8 Å². The molecule has 2 amide bonds. The van der Waals surface area contributed by atoms with Gasteiger partial charge in [-0.2, -0.15) is 0 Å². The Morgan fingerprint density at radius 1 is 1.41 bits per heavy atom. The molecule has 0 spiro atoms. The van der Waals surface area contributed by atoms with E-state index >= 15 is 0 Å². The van der Waals surface area contributed by atoms with E-state index in [0.717, 1.165) is 12.8 Å². The van der Waals surface area contributed by atoms with Crippen molar-refractivity contribution >= 4 is 12.0 Å². The average molecular weight is 244 g/mol. The normalized spacial score (nSPS) is 16.9. The number of methoxy groups -OCH3 is 1. The molecular weight excluding hydrogens is 224 g/mol. The van der Waals surface area contributed by atoms with E-state index in [-0.39, 0.29) is 18.6 Å². The molecule has 98 valence electrons. The minimum atomic E-state index is -0.833. The molecule has 0 bridgehead atoms. The Kier molecular flexibility index (Phi) is 5.76. The smallest absolute Gasteiger partial charge is 0.317 e. The van der Waals surface area contributed by atoms with Gasteiger partial charge in [-0.25, -0.2) is 4.79 Å². The molecule has 0 radical (unpaired) electrons. The third kappa shape index (κ3) is 5.04. The van der Waals surface area contributed by atoms with E-state index in [1.54, 1.807) is 12.0 Å². The molecule has 1 fully saturated rings. The Balaban J connectivity index is 2.14. The van der Waals surface area contributed by atoms with Crippen LogP contribution in [0.15, 0.2) is 0 Å². The van der Waals surface area contributed by atoms with Crippen molar-refractivity contribution in [1.29, 1.82) is 0 Å². The Labute approximate surface area is 101 Å². The number of aliphatic carboxylic acids is 1. The van der Waals surface area contributed by atoms with Crippen molar-refractivity contribution < 1.29 is 19.4 Å². The average Bonchev–Trinajstić information content (AvgIpc) is 2.34. The van der Waals surface area contributed by atoms with Gasteiger partial charge < -0.3 is 20.1 Å². The van der Waals surface area contributed by atoms with Crippen molar-refractivity contribution in [1.82, 2.24) is 10.2 Å². The highest BCUT2D eigenvalue weighted by Crippen LogP contribution is 2.12. The van der Waals surface area contributed by atoms with Gasteiger partial charge in [0.2, 0.25) is 0 Å². The number of nitrogens with zero attached hydrogens (tertiary/aromatic N) is 1. The number of carbonyl (C=O) groups is 2. The number of carbonyl (C=O) groups excluding carboxylic acids is 1. The van der Waals surface area contributed by atoms with E-state index in [9.17, 15) is 9.59 Å². The minimum Gasteiger partial charge on any atom is -0.481 e. The zero-order valence-corrected chi connectivity index (χ0v) is 10.1. The van der Waals surface area contributed by atoms with E-state index in [1.165, 1.54) is 0 Å². The molecule has 1 heterocycles. The fourth-order valence-electron chi connectivity index (χ4n) is 1.84. The van der Waals surface area contributed by atoms with E-state index < -0.39 is 5.97 Å². The van der Waals surface area contributed by atoms with Crippen molar-refractivity contribution in [3.63, 3.8) is 0 Å². The molecule has 2 N–H and O–H groups in total. The molecule has 1 rings (SSSR count). The van der Waals surface area contributed by atoms with Crippen LogP contribution in [0.5, 0.6) is 0 Å². The number of piperidine rings is 1. The summed E-state index contributed by atoms with van der Waals surface area (Å²) >= 11 is 0. The number of carboxylic acids is 1. The molecule has 0 aromatic heterocycles. The van der Waals surface area contributed by atoms with Crippen LogP contribution in [0, 0.1) is 0 Å². The summed E-state index contributed by atoms with van der Waals surface area (Å²) in [6.45, 7) is 1.81. The van der Waals surface area contributed by atoms with Crippen molar-refractivity contribution in [2.75, 3.05) is 26.7 Å². The summed E-state index contributed by atoms with van der Waals surface area (Å²) in [7, 11) is 1.69. The molecule has 0 unspecified atom stereocenters. The molecule has 1 saturated heterocycles. The van der Waals surface area contributed by atoms with Crippen LogP contribution in [0.3, 0.4) is 0 Å². The Bertz CT molecular complexity index is 262. The highest BCUT2D eigenvalue weighted by atomic mass is 16.5. The highest BCUT2D eigenvalue weighted by molar-refractivity contribution is 5.74. The summed E-state index contributed by atoms with van der Waals surface area (Å²) in [6, 6.07) is -0.107. The van der Waals surface area contributed by atoms with Crippen LogP contribution in [0.1, 0.15) is 25.7 Å². The van der Waals surface area contributed by atoms with Gasteiger partial charge in [0.15, 0.2) is 0 Å². The van der Waals surface area contributed by atoms with Gasteiger partial charge >= 0.3 is 12.0 Å². The second-order valence-electron chi connectivity index (χ2n) is 4.15. The molecular formula is C11H20N2O4. The Hall–Kier alpha value is -1.30. The summed E-state index contributed by atoms with van der Waals surface area (Å²) in [5.41, 5.74) is 0. The fraction of sp³-hybridized carbons (Fsp3) is 0.818. The lowest BCUT2D eigenvalue weighted by molar-refractivity contribution is -0.137. The molecule has 1 aliphatic heterocycles. The number of hydrogen-bond donors (Lipinski definition) is 2. The fourth-order valence-corrected chi connectivity index (χ4v) is 1.84. The first-order chi connectivity index (χ1) is 8.13. The van der Waals surface area contributed by atoms with Gasteiger partial charge in [0.1, 0.15) is 0 Å². The number of rotatable bonds is 5. The first kappa shape index (κ1) is 13.8. The van der Waals surface area contributed by atoms with Crippen LogP contribution >= 0.6 is 0 Å². The van der Waals surface area contributed by atoms with Crippen LogP contribution in [-0.4, -0.2) is 54.9 Å². The lowest BCUT2D eigenvalue weighted by atomic mass is 10.1. The van der Waals surface area contributed by atoms with Gasteiger partial charge in [-0.3, -0.25) is 4.79 Å². The van der Waals surface area contributed by atoms with Gasteiger partial charge in [-0.05, 0) is 19.3 Å². The lowest BCUT2D eigenvalue weighted by Gasteiger charge is -2.31. The quantitative estimate of drug-likeness (QED) is 0.697. The predicted octanol–water partition coefficient (Wildman–Crippen LogP) is 0.672. The second kappa shape index (κ2) is 7.11. The topological polar surface area (TPSA) is 78.9 Å². The number of carboxylic acid groups (broad SMARTS) is 1. The first-order valence-electron chi connectivity index (χ1n) is 5.91. The number of nitrogens with one attached hydrogen (secondary N) is 1. The summed E-state index contributed by atoms with van der Waals surface area (Å²) in [4.78, 5) is 23.7. The van der Waals surface area contributed by atoms with Gasteiger partial charge in [-0.1, -0.05) is 0 Å². The monoisotopic (exact) mass is 244 g/mol. The SMILES string of the molecule is COC1CCN(C(=O)NCCCC(=O)O)CC1. The molecule has 0 aromatic rings. The molecule has 0 saturated carbocycles. The largest absolute Gasteiger partial charge is 0.481 e. The van der Waals surface area contributed by atoms with Crippen LogP contribution in [0.2, 0.25) is 0 Å². The maximum absolute atomic E-state index is 11.7. The molecule has 6 heteroatoms. The summed E-state index contributed by atoms with van der Waals surface area (Å²) in [5, 5.41) is 11.2. The number of amides is 2. The number of hydrogen-bond acceptors (Lipinski definition) is 3. The predicted molar refractivity (Wildman–Crippen MR) is 61.9 cm³/mol.